The summed E-state index contributed by atoms with van der Waals surface area (Å²) >= 11 is 0. The van der Waals surface area contributed by atoms with Gasteiger partial charge in [-0.1, -0.05) is 18.2 Å². The summed E-state index contributed by atoms with van der Waals surface area (Å²) in [7, 11) is -4.17. The highest BCUT2D eigenvalue weighted by Gasteiger charge is 2.19. The van der Waals surface area contributed by atoms with Gasteiger partial charge in [0.15, 0.2) is 5.69 Å². The van der Waals surface area contributed by atoms with Crippen LogP contribution in [0.3, 0.4) is 0 Å². The van der Waals surface area contributed by atoms with E-state index in [-0.39, 0.29) is 11.5 Å². The van der Waals surface area contributed by atoms with Gasteiger partial charge in [-0.25, -0.2) is 22.6 Å². The summed E-state index contributed by atoms with van der Waals surface area (Å²) in [6.45, 7) is 0. The van der Waals surface area contributed by atoms with Crippen molar-refractivity contribution in [1.29, 1.82) is 0 Å². The van der Waals surface area contributed by atoms with Gasteiger partial charge in [-0.2, -0.15) is 0 Å². The van der Waals surface area contributed by atoms with E-state index in [2.05, 4.69) is 4.98 Å². The molecule has 20 heavy (non-hydrogen) atoms. The Bertz CT molecular complexity index is 762. The maximum Gasteiger partial charge on any atom is 0.354 e. The Labute approximate surface area is 114 Å². The fourth-order valence-electron chi connectivity index (χ4n) is 1.47. The van der Waals surface area contributed by atoms with Crippen LogP contribution in [0.5, 0.6) is 0 Å². The maximum absolute atomic E-state index is 13.5. The number of benzene rings is 1. The normalized spacial score (nSPS) is 11.1. The number of nitrogens with one attached hydrogen (secondary N) is 1. The number of carboxylic acids is 1. The molecule has 8 heteroatoms. The van der Waals surface area contributed by atoms with Crippen LogP contribution in [0.1, 0.15) is 10.5 Å². The summed E-state index contributed by atoms with van der Waals surface area (Å²) in [4.78, 5) is 13.8. The van der Waals surface area contributed by atoms with Crippen LogP contribution in [0.25, 0.3) is 0 Å². The van der Waals surface area contributed by atoms with Crippen molar-refractivity contribution >= 4 is 21.8 Å². The van der Waals surface area contributed by atoms with Crippen LogP contribution in [0, 0.1) is 5.82 Å². The second-order valence-corrected chi connectivity index (χ2v) is 5.40. The molecule has 0 amide bonds. The van der Waals surface area contributed by atoms with Crippen molar-refractivity contribution in [2.45, 2.75) is 4.90 Å². The molecule has 0 spiro atoms. The Hall–Kier alpha value is -2.48. The average molecular weight is 296 g/mol. The zero-order chi connectivity index (χ0) is 14.8. The minimum atomic E-state index is -4.17. The SMILES string of the molecule is O=C(O)c1cccc(NS(=O)(=O)c2ccccc2F)n1. The van der Waals surface area contributed by atoms with Crippen LogP contribution in [0.15, 0.2) is 47.4 Å². The number of pyridine rings is 1. The van der Waals surface area contributed by atoms with Gasteiger partial charge in [0.05, 0.1) is 0 Å². The van der Waals surface area contributed by atoms with Gasteiger partial charge in [0.25, 0.3) is 10.0 Å². The summed E-state index contributed by atoms with van der Waals surface area (Å²) in [6.07, 6.45) is 0. The molecule has 0 saturated heterocycles. The molecule has 6 nitrogen and oxygen atoms in total. The topological polar surface area (TPSA) is 96.4 Å². The molecular formula is C12H9FN2O4S. The Kier molecular flexibility index (Phi) is 3.66. The molecule has 0 aliphatic heterocycles. The van der Waals surface area contributed by atoms with Gasteiger partial charge in [-0.05, 0) is 24.3 Å². The lowest BCUT2D eigenvalue weighted by Gasteiger charge is -2.08. The molecule has 0 saturated carbocycles. The van der Waals surface area contributed by atoms with Crippen LogP contribution in [0.2, 0.25) is 0 Å². The van der Waals surface area contributed by atoms with Crippen molar-refractivity contribution in [2.75, 3.05) is 4.72 Å². The number of carbonyl (C=O) groups is 1. The highest BCUT2D eigenvalue weighted by atomic mass is 32.2. The summed E-state index contributed by atoms with van der Waals surface area (Å²) < 4.78 is 39.4. The fourth-order valence-corrected chi connectivity index (χ4v) is 2.55. The standard InChI is InChI=1S/C12H9FN2O4S/c13-8-4-1-2-6-10(8)20(18,19)15-11-7-3-5-9(14-11)12(16)17/h1-7H,(H,14,15)(H,16,17). The number of hydrogen-bond donors (Lipinski definition) is 2. The summed E-state index contributed by atoms with van der Waals surface area (Å²) in [5.41, 5.74) is -0.321. The fraction of sp³-hybridized carbons (Fsp3) is 0. The predicted molar refractivity (Wildman–Crippen MR) is 68.4 cm³/mol. The second-order valence-electron chi connectivity index (χ2n) is 3.75. The third-order valence-electron chi connectivity index (χ3n) is 2.33. The number of aromatic nitrogens is 1. The molecule has 0 fully saturated rings. The molecule has 0 aliphatic carbocycles. The first-order valence-corrected chi connectivity index (χ1v) is 6.86. The van der Waals surface area contributed by atoms with Crippen molar-refractivity contribution in [1.82, 2.24) is 4.98 Å². The summed E-state index contributed by atoms with van der Waals surface area (Å²) in [6, 6.07) is 8.65. The Balaban J connectivity index is 2.36. The van der Waals surface area contributed by atoms with E-state index in [1.807, 2.05) is 4.72 Å². The third-order valence-corrected chi connectivity index (χ3v) is 3.72. The Morgan fingerprint density at radius 1 is 1.15 bits per heavy atom. The van der Waals surface area contributed by atoms with Crippen molar-refractivity contribution in [3.8, 4) is 0 Å². The Morgan fingerprint density at radius 3 is 2.50 bits per heavy atom. The van der Waals surface area contributed by atoms with Gasteiger partial charge in [0.2, 0.25) is 0 Å². The van der Waals surface area contributed by atoms with E-state index in [1.54, 1.807) is 0 Å². The second kappa shape index (κ2) is 5.25. The molecule has 1 aromatic carbocycles. The van der Waals surface area contributed by atoms with Crippen LogP contribution in [-0.2, 0) is 10.0 Å². The number of hydrogen-bond acceptors (Lipinski definition) is 4. The van der Waals surface area contributed by atoms with E-state index in [1.165, 1.54) is 30.3 Å². The largest absolute Gasteiger partial charge is 0.477 e. The first-order chi connectivity index (χ1) is 9.40. The van der Waals surface area contributed by atoms with Gasteiger partial charge in [-0.3, -0.25) is 4.72 Å². The zero-order valence-electron chi connectivity index (χ0n) is 9.95. The van der Waals surface area contributed by atoms with Crippen LogP contribution < -0.4 is 4.72 Å². The highest BCUT2D eigenvalue weighted by molar-refractivity contribution is 7.92. The molecular weight excluding hydrogens is 287 g/mol. The molecule has 1 aromatic heterocycles. The average Bonchev–Trinajstić information content (AvgIpc) is 2.38. The molecule has 2 rings (SSSR count). The van der Waals surface area contributed by atoms with E-state index in [9.17, 15) is 17.6 Å². The summed E-state index contributed by atoms with van der Waals surface area (Å²) in [5, 5.41) is 8.77. The van der Waals surface area contributed by atoms with Gasteiger partial charge in [0.1, 0.15) is 16.5 Å². The van der Waals surface area contributed by atoms with Crippen molar-refractivity contribution in [2.24, 2.45) is 0 Å². The third kappa shape index (κ3) is 2.91. The number of carboxylic acid groups (broad SMARTS) is 1. The lowest BCUT2D eigenvalue weighted by Crippen LogP contribution is -2.16. The quantitative estimate of drug-likeness (QED) is 0.895. The highest BCUT2D eigenvalue weighted by Crippen LogP contribution is 2.17. The first-order valence-electron chi connectivity index (χ1n) is 5.38. The molecule has 0 unspecified atom stereocenters. The molecule has 104 valence electrons. The van der Waals surface area contributed by atoms with E-state index >= 15 is 0 Å². The number of rotatable bonds is 4. The smallest absolute Gasteiger partial charge is 0.354 e. The molecule has 2 N–H and O–H groups in total. The number of halogens is 1. The van der Waals surface area contributed by atoms with E-state index < -0.39 is 26.7 Å². The van der Waals surface area contributed by atoms with Gasteiger partial charge in [0, 0.05) is 0 Å². The number of aromatic carboxylic acids is 1. The van der Waals surface area contributed by atoms with Crippen molar-refractivity contribution in [3.05, 3.63) is 54.0 Å². The first kappa shape index (κ1) is 13.9. The number of nitrogens with zero attached hydrogens (tertiary/aromatic N) is 1. The van der Waals surface area contributed by atoms with Gasteiger partial charge in [-0.15, -0.1) is 0 Å². The molecule has 0 bridgehead atoms. The predicted octanol–water partition coefficient (Wildman–Crippen LogP) is 1.72. The van der Waals surface area contributed by atoms with Gasteiger partial charge < -0.3 is 5.11 Å². The minimum Gasteiger partial charge on any atom is -0.477 e. The number of sulfonamides is 1. The molecule has 0 aliphatic rings. The van der Waals surface area contributed by atoms with Crippen LogP contribution in [-0.4, -0.2) is 24.5 Å². The van der Waals surface area contributed by atoms with E-state index in [4.69, 9.17) is 5.11 Å². The lowest BCUT2D eigenvalue weighted by atomic mass is 10.3. The molecule has 1 heterocycles. The van der Waals surface area contributed by atoms with Crippen molar-refractivity contribution in [3.63, 3.8) is 0 Å². The van der Waals surface area contributed by atoms with E-state index in [0.29, 0.717) is 0 Å². The van der Waals surface area contributed by atoms with Crippen molar-refractivity contribution < 1.29 is 22.7 Å². The van der Waals surface area contributed by atoms with Crippen LogP contribution in [0.4, 0.5) is 10.2 Å². The number of anilines is 1. The minimum absolute atomic E-state index is 0.201. The molecule has 2 aromatic rings. The summed E-state index contributed by atoms with van der Waals surface area (Å²) in [5.74, 6) is -2.40. The van der Waals surface area contributed by atoms with Crippen LogP contribution >= 0.6 is 0 Å². The molecule has 0 radical (unpaired) electrons. The lowest BCUT2D eigenvalue weighted by molar-refractivity contribution is 0.0690. The zero-order valence-corrected chi connectivity index (χ0v) is 10.8. The van der Waals surface area contributed by atoms with Gasteiger partial charge >= 0.3 is 5.97 Å². The monoisotopic (exact) mass is 296 g/mol. The molecule has 0 atom stereocenters. The van der Waals surface area contributed by atoms with E-state index in [0.717, 1.165) is 12.1 Å². The Morgan fingerprint density at radius 2 is 1.85 bits per heavy atom. The maximum atomic E-state index is 13.5.